The van der Waals surface area contributed by atoms with Crippen molar-refractivity contribution in [3.8, 4) is 11.4 Å². The minimum absolute atomic E-state index is 0.118. The van der Waals surface area contributed by atoms with E-state index in [2.05, 4.69) is 20.2 Å². The number of anilines is 1. The molecule has 1 aliphatic rings. The molecule has 8 heteroatoms. The minimum Gasteiger partial charge on any atom is -0.370 e. The van der Waals surface area contributed by atoms with Crippen LogP contribution in [0.5, 0.6) is 0 Å². The van der Waals surface area contributed by atoms with Crippen LogP contribution in [0.25, 0.3) is 21.6 Å². The van der Waals surface area contributed by atoms with Gasteiger partial charge in [0.1, 0.15) is 21.6 Å². The van der Waals surface area contributed by atoms with Crippen LogP contribution in [0.2, 0.25) is 0 Å². The van der Waals surface area contributed by atoms with E-state index in [0.717, 1.165) is 39.4 Å². The van der Waals surface area contributed by atoms with Crippen LogP contribution < -0.4 is 10.2 Å². The Balaban J connectivity index is 1.51. The zero-order valence-electron chi connectivity index (χ0n) is 17.9. The number of carbonyl (C=O) groups is 1. The number of thiophene rings is 1. The van der Waals surface area contributed by atoms with E-state index in [1.807, 2.05) is 55.5 Å². The fraction of sp³-hybridized carbons (Fsp3) is 0.250. The summed E-state index contributed by atoms with van der Waals surface area (Å²) in [6, 6.07) is 15.9. The molecule has 162 valence electrons. The molecule has 5 rings (SSSR count). The minimum atomic E-state index is -0.260. The maximum atomic E-state index is 12.6. The monoisotopic (exact) mass is 445 g/mol. The number of amides is 1. The van der Waals surface area contributed by atoms with E-state index in [1.54, 1.807) is 13.2 Å². The quantitative estimate of drug-likeness (QED) is 0.511. The third kappa shape index (κ3) is 3.83. The number of hydrogen-bond donors (Lipinski definition) is 1. The highest BCUT2D eigenvalue weighted by Gasteiger charge is 2.30. The van der Waals surface area contributed by atoms with Crippen molar-refractivity contribution in [3.05, 3.63) is 70.9 Å². The number of nitrogens with one attached hydrogen (secondary N) is 1. The van der Waals surface area contributed by atoms with Gasteiger partial charge in [-0.25, -0.2) is 15.0 Å². The molecule has 0 saturated carbocycles. The predicted octanol–water partition coefficient (Wildman–Crippen LogP) is 4.00. The first kappa shape index (κ1) is 20.5. The van der Waals surface area contributed by atoms with Crippen molar-refractivity contribution in [1.29, 1.82) is 0 Å². The molecule has 1 aromatic carbocycles. The molecule has 1 amide bonds. The number of benzene rings is 1. The summed E-state index contributed by atoms with van der Waals surface area (Å²) in [5, 5.41) is 3.72. The van der Waals surface area contributed by atoms with Crippen molar-refractivity contribution in [2.24, 2.45) is 0 Å². The van der Waals surface area contributed by atoms with Gasteiger partial charge in [0.15, 0.2) is 5.82 Å². The first-order valence-electron chi connectivity index (χ1n) is 10.5. The van der Waals surface area contributed by atoms with Gasteiger partial charge < -0.3 is 15.0 Å². The molecular formula is C24H23N5O2S. The summed E-state index contributed by atoms with van der Waals surface area (Å²) in [5.74, 6) is 1.46. The van der Waals surface area contributed by atoms with Gasteiger partial charge in [-0.1, -0.05) is 36.4 Å². The molecule has 0 radical (unpaired) electrons. The zero-order valence-corrected chi connectivity index (χ0v) is 18.7. The Bertz CT molecular complexity index is 1270. The van der Waals surface area contributed by atoms with Gasteiger partial charge in [0, 0.05) is 54.6 Å². The van der Waals surface area contributed by atoms with Gasteiger partial charge in [0.2, 0.25) is 0 Å². The summed E-state index contributed by atoms with van der Waals surface area (Å²) >= 11 is 1.40. The fourth-order valence-corrected chi connectivity index (χ4v) is 5.16. The van der Waals surface area contributed by atoms with Crippen LogP contribution >= 0.6 is 11.3 Å². The lowest BCUT2D eigenvalue weighted by atomic mass is 10.0. The van der Waals surface area contributed by atoms with E-state index in [-0.39, 0.29) is 12.0 Å². The topological polar surface area (TPSA) is 80.2 Å². The standard InChI is InChI=1S/C24H23N5O2S/c1-15-13-19(28-22(27-15)16-7-4-3-5-8-16)29-11-12-31-18(14-29)20-17-9-6-10-26-24(17)32-21(20)23(30)25-2/h3-10,13,18H,11-12,14H2,1-2H3,(H,25,30)/t18-/m1/s1. The maximum absolute atomic E-state index is 12.6. The third-order valence-electron chi connectivity index (χ3n) is 5.52. The van der Waals surface area contributed by atoms with Crippen LogP contribution in [-0.2, 0) is 4.74 Å². The van der Waals surface area contributed by atoms with Crippen LogP contribution in [0, 0.1) is 6.92 Å². The van der Waals surface area contributed by atoms with Gasteiger partial charge >= 0.3 is 0 Å². The number of ether oxygens (including phenoxy) is 1. The van der Waals surface area contributed by atoms with Crippen molar-refractivity contribution in [1.82, 2.24) is 20.3 Å². The number of aromatic nitrogens is 3. The Morgan fingerprint density at radius 1 is 1.19 bits per heavy atom. The molecule has 1 saturated heterocycles. The predicted molar refractivity (Wildman–Crippen MR) is 126 cm³/mol. The number of fused-ring (bicyclic) bond motifs is 1. The lowest BCUT2D eigenvalue weighted by molar-refractivity contribution is 0.0399. The Hall–Kier alpha value is -3.36. The summed E-state index contributed by atoms with van der Waals surface area (Å²) in [7, 11) is 1.65. The third-order valence-corrected chi connectivity index (χ3v) is 6.65. The van der Waals surface area contributed by atoms with E-state index >= 15 is 0 Å². The van der Waals surface area contributed by atoms with Crippen LogP contribution in [0.15, 0.2) is 54.7 Å². The number of hydrogen-bond acceptors (Lipinski definition) is 7. The second-order valence-corrected chi connectivity index (χ2v) is 8.64. The first-order chi connectivity index (χ1) is 15.6. The molecule has 4 aromatic rings. The Labute approximate surface area is 190 Å². The highest BCUT2D eigenvalue weighted by Crippen LogP contribution is 2.38. The molecule has 0 spiro atoms. The molecular weight excluding hydrogens is 422 g/mol. The van der Waals surface area contributed by atoms with Crippen molar-refractivity contribution in [2.45, 2.75) is 13.0 Å². The number of morpholine rings is 1. The lowest BCUT2D eigenvalue weighted by Gasteiger charge is -2.34. The molecule has 32 heavy (non-hydrogen) atoms. The van der Waals surface area contributed by atoms with Crippen LogP contribution in [0.1, 0.15) is 27.0 Å². The molecule has 0 unspecified atom stereocenters. The van der Waals surface area contributed by atoms with Crippen molar-refractivity contribution in [2.75, 3.05) is 31.6 Å². The molecule has 0 bridgehead atoms. The van der Waals surface area contributed by atoms with Crippen LogP contribution in [0.4, 0.5) is 5.82 Å². The van der Waals surface area contributed by atoms with E-state index in [1.165, 1.54) is 11.3 Å². The largest absolute Gasteiger partial charge is 0.370 e. The zero-order chi connectivity index (χ0) is 22.1. The second kappa shape index (κ2) is 8.64. The highest BCUT2D eigenvalue weighted by atomic mass is 32.1. The summed E-state index contributed by atoms with van der Waals surface area (Å²) in [5.41, 5.74) is 2.79. The van der Waals surface area contributed by atoms with Crippen molar-refractivity contribution in [3.63, 3.8) is 0 Å². The second-order valence-electron chi connectivity index (χ2n) is 7.64. The SMILES string of the molecule is CNC(=O)c1sc2ncccc2c1[C@H]1CN(c2cc(C)nc(-c3ccccc3)n2)CCO1. The van der Waals surface area contributed by atoms with Crippen molar-refractivity contribution < 1.29 is 9.53 Å². The number of pyridine rings is 1. The molecule has 0 aliphatic carbocycles. The number of aryl methyl sites for hydroxylation is 1. The van der Waals surface area contributed by atoms with Crippen LogP contribution in [0.3, 0.4) is 0 Å². The fourth-order valence-electron chi connectivity index (χ4n) is 4.02. The van der Waals surface area contributed by atoms with Crippen molar-refractivity contribution >= 4 is 33.3 Å². The van der Waals surface area contributed by atoms with E-state index in [9.17, 15) is 4.79 Å². The van der Waals surface area contributed by atoms with E-state index in [4.69, 9.17) is 9.72 Å². The molecule has 1 fully saturated rings. The van der Waals surface area contributed by atoms with Gasteiger partial charge in [-0.15, -0.1) is 11.3 Å². The molecule has 7 nitrogen and oxygen atoms in total. The summed E-state index contributed by atoms with van der Waals surface area (Å²) in [6.45, 7) is 3.84. The normalized spacial score (nSPS) is 16.3. The molecule has 1 aliphatic heterocycles. The lowest BCUT2D eigenvalue weighted by Crippen LogP contribution is -2.39. The first-order valence-corrected chi connectivity index (χ1v) is 11.3. The molecule has 4 heterocycles. The van der Waals surface area contributed by atoms with Gasteiger partial charge in [-0.2, -0.15) is 0 Å². The van der Waals surface area contributed by atoms with Gasteiger partial charge in [0.05, 0.1) is 6.61 Å². The Kier molecular flexibility index (Phi) is 5.55. The summed E-state index contributed by atoms with van der Waals surface area (Å²) in [4.78, 5) is 30.3. The molecule has 3 aromatic heterocycles. The van der Waals surface area contributed by atoms with Gasteiger partial charge in [-0.3, -0.25) is 4.79 Å². The van der Waals surface area contributed by atoms with Gasteiger partial charge in [-0.05, 0) is 13.0 Å². The number of carbonyl (C=O) groups excluding carboxylic acids is 1. The number of nitrogens with zero attached hydrogens (tertiary/aromatic N) is 4. The smallest absolute Gasteiger partial charge is 0.261 e. The van der Waals surface area contributed by atoms with Gasteiger partial charge in [0.25, 0.3) is 5.91 Å². The van der Waals surface area contributed by atoms with Crippen LogP contribution in [-0.4, -0.2) is 47.6 Å². The summed E-state index contributed by atoms with van der Waals surface area (Å²) < 4.78 is 6.18. The molecule has 1 atom stereocenters. The Morgan fingerprint density at radius 2 is 2.03 bits per heavy atom. The van der Waals surface area contributed by atoms with E-state index in [0.29, 0.717) is 23.9 Å². The average Bonchev–Trinajstić information content (AvgIpc) is 3.23. The summed E-state index contributed by atoms with van der Waals surface area (Å²) in [6.07, 6.45) is 1.49. The molecule has 1 N–H and O–H groups in total. The maximum Gasteiger partial charge on any atom is 0.261 e. The highest BCUT2D eigenvalue weighted by molar-refractivity contribution is 7.20. The van der Waals surface area contributed by atoms with E-state index < -0.39 is 0 Å². The Morgan fingerprint density at radius 3 is 2.84 bits per heavy atom. The average molecular weight is 446 g/mol. The number of rotatable bonds is 4.